The zero-order valence-corrected chi connectivity index (χ0v) is 11.0. The van der Waals surface area contributed by atoms with Gasteiger partial charge in [-0.25, -0.2) is 9.97 Å². The Kier molecular flexibility index (Phi) is 2.90. The summed E-state index contributed by atoms with van der Waals surface area (Å²) in [6.07, 6.45) is 3.03. The number of hydrogen-bond donors (Lipinski definition) is 1. The van der Waals surface area contributed by atoms with E-state index in [9.17, 15) is 4.79 Å². The molecule has 0 unspecified atom stereocenters. The zero-order chi connectivity index (χ0) is 14.1. The fraction of sp³-hybridized carbons (Fsp3) is 0.143. The SMILES string of the molecule is Cc1cncc(C(=O)Nc2ccc3oc(C)nc3c2)n1. The Hall–Kier alpha value is -2.76. The number of hydrogen-bond acceptors (Lipinski definition) is 5. The first-order valence-electron chi connectivity index (χ1n) is 6.09. The quantitative estimate of drug-likeness (QED) is 0.772. The second kappa shape index (κ2) is 4.73. The topological polar surface area (TPSA) is 80.9 Å². The summed E-state index contributed by atoms with van der Waals surface area (Å²) in [5.41, 5.74) is 3.01. The van der Waals surface area contributed by atoms with Crippen LogP contribution in [0.4, 0.5) is 5.69 Å². The molecule has 0 aliphatic heterocycles. The Labute approximate surface area is 114 Å². The molecule has 20 heavy (non-hydrogen) atoms. The van der Waals surface area contributed by atoms with E-state index < -0.39 is 0 Å². The summed E-state index contributed by atoms with van der Waals surface area (Å²) >= 11 is 0. The fourth-order valence-electron chi connectivity index (χ4n) is 1.89. The summed E-state index contributed by atoms with van der Waals surface area (Å²) in [6.45, 7) is 3.56. The molecule has 0 saturated carbocycles. The highest BCUT2D eigenvalue weighted by Gasteiger charge is 2.10. The summed E-state index contributed by atoms with van der Waals surface area (Å²) in [7, 11) is 0. The van der Waals surface area contributed by atoms with Crippen LogP contribution >= 0.6 is 0 Å². The number of nitrogens with zero attached hydrogens (tertiary/aromatic N) is 3. The first kappa shape index (κ1) is 12.3. The van der Waals surface area contributed by atoms with Crippen LogP contribution in [0.5, 0.6) is 0 Å². The molecule has 0 bridgehead atoms. The Morgan fingerprint density at radius 3 is 2.85 bits per heavy atom. The van der Waals surface area contributed by atoms with Crippen molar-refractivity contribution in [3.63, 3.8) is 0 Å². The van der Waals surface area contributed by atoms with E-state index in [0.717, 1.165) is 0 Å². The summed E-state index contributed by atoms with van der Waals surface area (Å²) in [5, 5.41) is 2.76. The van der Waals surface area contributed by atoms with Gasteiger partial charge in [-0.15, -0.1) is 0 Å². The molecule has 2 aromatic heterocycles. The molecular formula is C14H12N4O2. The second-order valence-electron chi connectivity index (χ2n) is 4.42. The fourth-order valence-corrected chi connectivity index (χ4v) is 1.89. The third-order valence-electron chi connectivity index (χ3n) is 2.74. The molecule has 100 valence electrons. The van der Waals surface area contributed by atoms with Crippen molar-refractivity contribution in [3.8, 4) is 0 Å². The Morgan fingerprint density at radius 2 is 2.05 bits per heavy atom. The van der Waals surface area contributed by atoms with Gasteiger partial charge in [-0.2, -0.15) is 0 Å². The normalized spacial score (nSPS) is 10.7. The molecule has 0 fully saturated rings. The maximum Gasteiger partial charge on any atom is 0.275 e. The molecule has 3 aromatic rings. The van der Waals surface area contributed by atoms with Crippen molar-refractivity contribution >= 4 is 22.7 Å². The van der Waals surface area contributed by atoms with Gasteiger partial charge in [0.25, 0.3) is 5.91 Å². The number of benzene rings is 1. The smallest absolute Gasteiger partial charge is 0.275 e. The van der Waals surface area contributed by atoms with E-state index >= 15 is 0 Å². The van der Waals surface area contributed by atoms with E-state index in [1.54, 1.807) is 38.2 Å². The summed E-state index contributed by atoms with van der Waals surface area (Å²) in [6, 6.07) is 5.29. The molecule has 0 spiro atoms. The van der Waals surface area contributed by atoms with Crippen LogP contribution in [0.15, 0.2) is 35.0 Å². The third kappa shape index (κ3) is 2.35. The van der Waals surface area contributed by atoms with Crippen LogP contribution < -0.4 is 5.32 Å². The van der Waals surface area contributed by atoms with Crippen LogP contribution in [0.3, 0.4) is 0 Å². The highest BCUT2D eigenvalue weighted by atomic mass is 16.3. The molecule has 0 aliphatic carbocycles. The first-order valence-corrected chi connectivity index (χ1v) is 6.09. The van der Waals surface area contributed by atoms with Gasteiger partial charge < -0.3 is 9.73 Å². The summed E-state index contributed by atoms with van der Waals surface area (Å²) < 4.78 is 5.38. The van der Waals surface area contributed by atoms with Crippen LogP contribution in [0.2, 0.25) is 0 Å². The molecule has 6 heteroatoms. The molecule has 0 aliphatic rings. The van der Waals surface area contributed by atoms with Crippen LogP contribution in [-0.4, -0.2) is 20.9 Å². The number of carbonyl (C=O) groups excluding carboxylic acids is 1. The molecule has 3 rings (SSSR count). The maximum atomic E-state index is 12.1. The summed E-state index contributed by atoms with van der Waals surface area (Å²) in [5.74, 6) is 0.286. The van der Waals surface area contributed by atoms with Gasteiger partial charge in [0.15, 0.2) is 11.5 Å². The van der Waals surface area contributed by atoms with E-state index in [2.05, 4.69) is 20.3 Å². The van der Waals surface area contributed by atoms with Crippen molar-refractivity contribution < 1.29 is 9.21 Å². The monoisotopic (exact) mass is 268 g/mol. The molecule has 1 amide bonds. The number of oxazole rings is 1. The average Bonchev–Trinajstić information content (AvgIpc) is 2.78. The number of aryl methyl sites for hydroxylation is 2. The lowest BCUT2D eigenvalue weighted by Gasteiger charge is -2.04. The maximum absolute atomic E-state index is 12.1. The standard InChI is InChI=1S/C14H12N4O2/c1-8-6-15-7-12(16-8)14(19)18-10-3-4-13-11(5-10)17-9(2)20-13/h3-7H,1-2H3,(H,18,19). The summed E-state index contributed by atoms with van der Waals surface area (Å²) in [4.78, 5) is 24.3. The van der Waals surface area contributed by atoms with Gasteiger partial charge in [-0.3, -0.25) is 9.78 Å². The van der Waals surface area contributed by atoms with Crippen molar-refractivity contribution in [2.45, 2.75) is 13.8 Å². The Bertz CT molecular complexity index is 795. The second-order valence-corrected chi connectivity index (χ2v) is 4.42. The predicted octanol–water partition coefficient (Wildman–Crippen LogP) is 2.49. The van der Waals surface area contributed by atoms with Crippen molar-refractivity contribution in [1.82, 2.24) is 15.0 Å². The predicted molar refractivity (Wildman–Crippen MR) is 73.5 cm³/mol. The van der Waals surface area contributed by atoms with Gasteiger partial charge in [0.1, 0.15) is 11.2 Å². The first-order chi connectivity index (χ1) is 9.61. The van der Waals surface area contributed by atoms with E-state index in [-0.39, 0.29) is 11.6 Å². The van der Waals surface area contributed by atoms with Gasteiger partial charge in [0, 0.05) is 18.8 Å². The zero-order valence-electron chi connectivity index (χ0n) is 11.0. The number of nitrogens with one attached hydrogen (secondary N) is 1. The molecule has 6 nitrogen and oxygen atoms in total. The van der Waals surface area contributed by atoms with Gasteiger partial charge in [-0.1, -0.05) is 0 Å². The van der Waals surface area contributed by atoms with Gasteiger partial charge in [-0.05, 0) is 25.1 Å². The minimum atomic E-state index is -0.305. The lowest BCUT2D eigenvalue weighted by atomic mass is 10.2. The van der Waals surface area contributed by atoms with Crippen LogP contribution in [0, 0.1) is 13.8 Å². The minimum Gasteiger partial charge on any atom is -0.441 e. The lowest BCUT2D eigenvalue weighted by molar-refractivity contribution is 0.102. The Balaban J connectivity index is 1.87. The van der Waals surface area contributed by atoms with E-state index in [0.29, 0.717) is 28.4 Å². The highest BCUT2D eigenvalue weighted by Crippen LogP contribution is 2.19. The molecule has 2 heterocycles. The van der Waals surface area contributed by atoms with E-state index in [4.69, 9.17) is 4.42 Å². The van der Waals surface area contributed by atoms with Crippen molar-refractivity contribution in [2.24, 2.45) is 0 Å². The van der Waals surface area contributed by atoms with Crippen molar-refractivity contribution in [1.29, 1.82) is 0 Å². The van der Waals surface area contributed by atoms with Gasteiger partial charge in [0.2, 0.25) is 0 Å². The minimum absolute atomic E-state index is 0.279. The van der Waals surface area contributed by atoms with Crippen LogP contribution in [0.1, 0.15) is 22.1 Å². The molecule has 0 radical (unpaired) electrons. The molecule has 0 atom stereocenters. The average molecular weight is 268 g/mol. The number of fused-ring (bicyclic) bond motifs is 1. The van der Waals surface area contributed by atoms with Crippen molar-refractivity contribution in [2.75, 3.05) is 5.32 Å². The number of aromatic nitrogens is 3. The number of anilines is 1. The largest absolute Gasteiger partial charge is 0.441 e. The third-order valence-corrected chi connectivity index (χ3v) is 2.74. The molecule has 0 saturated heterocycles. The van der Waals surface area contributed by atoms with E-state index in [1.807, 2.05) is 0 Å². The van der Waals surface area contributed by atoms with Gasteiger partial charge >= 0.3 is 0 Å². The molecule has 1 N–H and O–H groups in total. The van der Waals surface area contributed by atoms with Crippen LogP contribution in [-0.2, 0) is 0 Å². The number of rotatable bonds is 2. The highest BCUT2D eigenvalue weighted by molar-refractivity contribution is 6.03. The molecular weight excluding hydrogens is 256 g/mol. The van der Waals surface area contributed by atoms with Crippen LogP contribution in [0.25, 0.3) is 11.1 Å². The van der Waals surface area contributed by atoms with Crippen molar-refractivity contribution in [3.05, 3.63) is 47.9 Å². The lowest BCUT2D eigenvalue weighted by Crippen LogP contribution is -2.14. The molecule has 1 aromatic carbocycles. The Morgan fingerprint density at radius 1 is 1.20 bits per heavy atom. The van der Waals surface area contributed by atoms with Gasteiger partial charge in [0.05, 0.1) is 11.9 Å². The number of carbonyl (C=O) groups is 1. The van der Waals surface area contributed by atoms with E-state index in [1.165, 1.54) is 6.20 Å². The number of amides is 1.